The zero-order chi connectivity index (χ0) is 26.8. The molecule has 4 heterocycles. The van der Waals surface area contributed by atoms with E-state index >= 15 is 0 Å². The Kier molecular flexibility index (Phi) is 6.97. The molecular formula is C25H22ClFN8O3. The lowest BCUT2D eigenvalue weighted by Crippen LogP contribution is -2.44. The van der Waals surface area contributed by atoms with Crippen LogP contribution in [0.1, 0.15) is 23.7 Å². The van der Waals surface area contributed by atoms with Crippen LogP contribution in [0.15, 0.2) is 55.5 Å². The summed E-state index contributed by atoms with van der Waals surface area (Å²) in [4.78, 5) is 55.6. The maximum atomic E-state index is 14.4. The molecule has 2 N–H and O–H groups in total. The zero-order valence-corrected chi connectivity index (χ0v) is 20.9. The lowest BCUT2D eigenvalue weighted by molar-refractivity contribution is -0.137. The van der Waals surface area contributed by atoms with Crippen molar-refractivity contribution in [2.45, 2.75) is 32.1 Å². The van der Waals surface area contributed by atoms with Gasteiger partial charge in [0.05, 0.1) is 37.0 Å². The van der Waals surface area contributed by atoms with Crippen LogP contribution in [0, 0.1) is 0 Å². The van der Waals surface area contributed by atoms with Crippen LogP contribution in [0.5, 0.6) is 0 Å². The predicted molar refractivity (Wildman–Crippen MR) is 138 cm³/mol. The van der Waals surface area contributed by atoms with Crippen molar-refractivity contribution in [3.05, 3.63) is 66.2 Å². The summed E-state index contributed by atoms with van der Waals surface area (Å²) in [6.45, 7) is 1.04. The number of Topliss-reactive ketones (excluding diaryl/α,β-unsaturated/α-hetero) is 1. The Balaban J connectivity index is 1.38. The number of rotatable bonds is 7. The molecule has 1 aliphatic rings. The largest absolute Gasteiger partial charge is 0.353 e. The molecule has 2 amide bonds. The van der Waals surface area contributed by atoms with Crippen molar-refractivity contribution in [2.75, 3.05) is 17.2 Å². The van der Waals surface area contributed by atoms with E-state index in [0.29, 0.717) is 27.8 Å². The number of nitrogens with zero attached hydrogens (tertiary/aromatic N) is 6. The summed E-state index contributed by atoms with van der Waals surface area (Å²) < 4.78 is 16.0. The topological polar surface area (TPSA) is 135 Å². The van der Waals surface area contributed by atoms with E-state index in [-0.39, 0.29) is 36.3 Å². The van der Waals surface area contributed by atoms with Gasteiger partial charge in [0.2, 0.25) is 11.8 Å². The van der Waals surface area contributed by atoms with Gasteiger partial charge in [-0.2, -0.15) is 0 Å². The minimum absolute atomic E-state index is 0.0849. The van der Waals surface area contributed by atoms with Crippen LogP contribution in [0.3, 0.4) is 0 Å². The second kappa shape index (κ2) is 10.5. The van der Waals surface area contributed by atoms with Crippen LogP contribution in [-0.2, 0) is 16.1 Å². The van der Waals surface area contributed by atoms with Gasteiger partial charge < -0.3 is 20.1 Å². The molecule has 13 heteroatoms. The maximum Gasteiger partial charge on any atom is 0.248 e. The molecule has 4 aromatic rings. The third-order valence-corrected chi connectivity index (χ3v) is 6.33. The highest BCUT2D eigenvalue weighted by Gasteiger charge is 2.40. The first kappa shape index (κ1) is 25.2. The normalized spacial score (nSPS) is 17.0. The van der Waals surface area contributed by atoms with E-state index in [9.17, 15) is 18.8 Å². The van der Waals surface area contributed by atoms with Gasteiger partial charge in [-0.15, -0.1) is 0 Å². The van der Waals surface area contributed by atoms with Crippen molar-refractivity contribution >= 4 is 57.3 Å². The number of nitrogens with one attached hydrogen (secondary N) is 2. The van der Waals surface area contributed by atoms with Gasteiger partial charge >= 0.3 is 0 Å². The zero-order valence-electron chi connectivity index (χ0n) is 20.1. The standard InChI is InChI=1S/C25H22ClFN8O3/c1-14(36)19-11-34(20-3-2-16(5-18(19)20)31-17-6-29-13-30-7-17)12-24(37)35-10-15(27)4-21(35)25(38)33-23-9-28-8-22(26)32-23/h2-3,5-9,11,13,15,21,31H,4,10,12H2,1H3,(H,32,33,38). The molecule has 11 nitrogen and oxygen atoms in total. The number of amides is 2. The van der Waals surface area contributed by atoms with Gasteiger partial charge in [0.15, 0.2) is 11.6 Å². The van der Waals surface area contributed by atoms with Crippen molar-refractivity contribution in [3.8, 4) is 0 Å². The van der Waals surface area contributed by atoms with Gasteiger partial charge in [-0.1, -0.05) is 11.6 Å². The smallest absolute Gasteiger partial charge is 0.248 e. The molecule has 2 unspecified atom stereocenters. The lowest BCUT2D eigenvalue weighted by atomic mass is 10.1. The first-order chi connectivity index (χ1) is 18.3. The van der Waals surface area contributed by atoms with E-state index in [1.165, 1.54) is 30.5 Å². The molecule has 0 radical (unpaired) electrons. The molecule has 2 atom stereocenters. The number of anilines is 3. The number of alkyl halides is 1. The molecular weight excluding hydrogens is 515 g/mol. The number of ketones is 1. The first-order valence-corrected chi connectivity index (χ1v) is 12.0. The molecule has 0 saturated carbocycles. The summed E-state index contributed by atoms with van der Waals surface area (Å²) in [5, 5.41) is 6.45. The second-order valence-electron chi connectivity index (χ2n) is 8.82. The Hall–Kier alpha value is -4.45. The molecule has 1 fully saturated rings. The molecule has 5 rings (SSSR count). The third kappa shape index (κ3) is 5.30. The molecule has 3 aromatic heterocycles. The van der Waals surface area contributed by atoms with Gasteiger partial charge in [-0.3, -0.25) is 19.4 Å². The van der Waals surface area contributed by atoms with Crippen LogP contribution in [0.2, 0.25) is 5.15 Å². The fraction of sp³-hybridized carbons (Fsp3) is 0.240. The Morgan fingerprint density at radius 2 is 1.89 bits per heavy atom. The van der Waals surface area contributed by atoms with E-state index in [0.717, 1.165) is 0 Å². The van der Waals surface area contributed by atoms with Gasteiger partial charge in [0.25, 0.3) is 0 Å². The number of carbonyl (C=O) groups is 3. The maximum absolute atomic E-state index is 14.4. The Bertz CT molecular complexity index is 1530. The molecule has 1 saturated heterocycles. The fourth-order valence-electron chi connectivity index (χ4n) is 4.47. The van der Waals surface area contributed by atoms with Gasteiger partial charge in [-0.25, -0.2) is 19.3 Å². The number of fused-ring (bicyclic) bond motifs is 1. The number of carbonyl (C=O) groups excluding carboxylic acids is 3. The minimum Gasteiger partial charge on any atom is -0.353 e. The molecule has 1 aromatic carbocycles. The van der Waals surface area contributed by atoms with Crippen LogP contribution >= 0.6 is 11.6 Å². The van der Waals surface area contributed by atoms with Crippen molar-refractivity contribution < 1.29 is 18.8 Å². The summed E-state index contributed by atoms with van der Waals surface area (Å²) in [5.74, 6) is -1.12. The summed E-state index contributed by atoms with van der Waals surface area (Å²) >= 11 is 5.82. The number of likely N-dealkylation sites (tertiary alicyclic amines) is 1. The van der Waals surface area contributed by atoms with Crippen LogP contribution in [0.25, 0.3) is 10.9 Å². The Morgan fingerprint density at radius 1 is 1.11 bits per heavy atom. The molecule has 0 aliphatic carbocycles. The average molecular weight is 537 g/mol. The number of hydrogen-bond acceptors (Lipinski definition) is 8. The van der Waals surface area contributed by atoms with Gasteiger partial charge in [0, 0.05) is 34.8 Å². The summed E-state index contributed by atoms with van der Waals surface area (Å²) in [6.07, 6.45) is 7.37. The molecule has 0 bridgehead atoms. The highest BCUT2D eigenvalue weighted by molar-refractivity contribution is 6.29. The number of benzene rings is 1. The van der Waals surface area contributed by atoms with E-state index in [2.05, 4.69) is 30.6 Å². The van der Waals surface area contributed by atoms with Crippen molar-refractivity contribution in [2.24, 2.45) is 0 Å². The summed E-state index contributed by atoms with van der Waals surface area (Å²) in [7, 11) is 0. The van der Waals surface area contributed by atoms with E-state index in [1.807, 2.05) is 0 Å². The quantitative estimate of drug-likeness (QED) is 0.343. The Labute approximate surface area is 221 Å². The van der Waals surface area contributed by atoms with Gasteiger partial charge in [-0.05, 0) is 25.1 Å². The number of aromatic nitrogens is 5. The molecule has 194 valence electrons. The van der Waals surface area contributed by atoms with Crippen molar-refractivity contribution in [1.82, 2.24) is 29.4 Å². The summed E-state index contributed by atoms with van der Waals surface area (Å²) in [5.41, 5.74) is 2.46. The number of halogens is 2. The molecule has 38 heavy (non-hydrogen) atoms. The van der Waals surface area contributed by atoms with Gasteiger partial charge in [0.1, 0.15) is 30.2 Å². The predicted octanol–water partition coefficient (Wildman–Crippen LogP) is 3.40. The fourth-order valence-corrected chi connectivity index (χ4v) is 4.62. The van der Waals surface area contributed by atoms with Crippen LogP contribution < -0.4 is 10.6 Å². The third-order valence-electron chi connectivity index (χ3n) is 6.14. The van der Waals surface area contributed by atoms with Crippen LogP contribution in [-0.4, -0.2) is 65.8 Å². The molecule has 0 spiro atoms. The minimum atomic E-state index is -1.36. The highest BCUT2D eigenvalue weighted by atomic mass is 35.5. The average Bonchev–Trinajstić information content (AvgIpc) is 3.45. The monoisotopic (exact) mass is 536 g/mol. The Morgan fingerprint density at radius 3 is 2.63 bits per heavy atom. The second-order valence-corrected chi connectivity index (χ2v) is 9.21. The first-order valence-electron chi connectivity index (χ1n) is 11.7. The van der Waals surface area contributed by atoms with Crippen molar-refractivity contribution in [1.29, 1.82) is 0 Å². The van der Waals surface area contributed by atoms with Crippen molar-refractivity contribution in [3.63, 3.8) is 0 Å². The van der Waals surface area contributed by atoms with E-state index in [1.54, 1.807) is 41.4 Å². The SMILES string of the molecule is CC(=O)c1cn(CC(=O)N2CC(F)CC2C(=O)Nc2cncc(Cl)n2)c2ccc(Nc3cncnc3)cc12. The highest BCUT2D eigenvalue weighted by Crippen LogP contribution is 2.28. The van der Waals surface area contributed by atoms with E-state index < -0.39 is 24.0 Å². The lowest BCUT2D eigenvalue weighted by Gasteiger charge is -2.24. The summed E-state index contributed by atoms with van der Waals surface area (Å²) in [6, 6.07) is 4.35. The number of hydrogen-bond donors (Lipinski definition) is 2. The molecule has 1 aliphatic heterocycles. The van der Waals surface area contributed by atoms with Crippen LogP contribution in [0.4, 0.5) is 21.6 Å². The van der Waals surface area contributed by atoms with E-state index in [4.69, 9.17) is 11.6 Å².